The summed E-state index contributed by atoms with van der Waals surface area (Å²) in [7, 11) is 0. The van der Waals surface area contributed by atoms with Crippen molar-refractivity contribution in [2.75, 3.05) is 18.0 Å². The van der Waals surface area contributed by atoms with Gasteiger partial charge in [-0.05, 0) is 49.3 Å². The van der Waals surface area contributed by atoms with Gasteiger partial charge < -0.3 is 4.90 Å². The molecule has 0 radical (unpaired) electrons. The zero-order valence-corrected chi connectivity index (χ0v) is 11.9. The van der Waals surface area contributed by atoms with Crippen LogP contribution in [-0.2, 0) is 0 Å². The Morgan fingerprint density at radius 3 is 2.37 bits per heavy atom. The maximum atomic E-state index is 8.88. The standard InChI is InChI=1S/C16H19ClN2/c17-14-11-13(12-18)3-4-15(14)19-9-7-16(8-10-19)5-1-2-6-16/h3-4,11H,1-2,5-10H2. The number of nitriles is 1. The van der Waals surface area contributed by atoms with Crippen LogP contribution in [0.4, 0.5) is 5.69 Å². The van der Waals surface area contributed by atoms with Gasteiger partial charge in [-0.2, -0.15) is 5.26 Å². The largest absolute Gasteiger partial charge is 0.370 e. The summed E-state index contributed by atoms with van der Waals surface area (Å²) in [6.45, 7) is 2.21. The molecule has 0 unspecified atom stereocenters. The summed E-state index contributed by atoms with van der Waals surface area (Å²) < 4.78 is 0. The maximum absolute atomic E-state index is 8.88. The molecule has 0 aromatic heterocycles. The van der Waals surface area contributed by atoms with E-state index < -0.39 is 0 Å². The molecule has 1 aliphatic heterocycles. The first kappa shape index (κ1) is 12.8. The first-order valence-electron chi connectivity index (χ1n) is 7.17. The fourth-order valence-electron chi connectivity index (χ4n) is 3.68. The van der Waals surface area contributed by atoms with Gasteiger partial charge in [0, 0.05) is 13.1 Å². The minimum atomic E-state index is 0.634. The smallest absolute Gasteiger partial charge is 0.0992 e. The Kier molecular flexibility index (Phi) is 3.41. The SMILES string of the molecule is N#Cc1ccc(N2CCC3(CCCC3)CC2)c(Cl)c1. The molecule has 2 aliphatic rings. The summed E-state index contributed by atoms with van der Waals surface area (Å²) in [4.78, 5) is 2.38. The maximum Gasteiger partial charge on any atom is 0.0992 e. The topological polar surface area (TPSA) is 27.0 Å². The average Bonchev–Trinajstić information content (AvgIpc) is 2.88. The van der Waals surface area contributed by atoms with Crippen LogP contribution in [0, 0.1) is 16.7 Å². The minimum Gasteiger partial charge on any atom is -0.370 e. The molecule has 100 valence electrons. The van der Waals surface area contributed by atoms with E-state index in [1.54, 1.807) is 6.07 Å². The molecule has 0 N–H and O–H groups in total. The highest BCUT2D eigenvalue weighted by atomic mass is 35.5. The van der Waals surface area contributed by atoms with Crippen LogP contribution >= 0.6 is 11.6 Å². The van der Waals surface area contributed by atoms with Gasteiger partial charge in [0.15, 0.2) is 0 Å². The van der Waals surface area contributed by atoms with Crippen LogP contribution in [0.15, 0.2) is 18.2 Å². The van der Waals surface area contributed by atoms with Crippen molar-refractivity contribution in [1.82, 2.24) is 0 Å². The number of hydrogen-bond acceptors (Lipinski definition) is 2. The number of nitrogens with zero attached hydrogens (tertiary/aromatic N) is 2. The molecule has 1 aliphatic carbocycles. The lowest BCUT2D eigenvalue weighted by Crippen LogP contribution is -2.39. The van der Waals surface area contributed by atoms with E-state index in [1.807, 2.05) is 12.1 Å². The fraction of sp³-hybridized carbons (Fsp3) is 0.562. The Morgan fingerprint density at radius 2 is 1.79 bits per heavy atom. The van der Waals surface area contributed by atoms with E-state index in [1.165, 1.54) is 38.5 Å². The normalized spacial score (nSPS) is 21.6. The lowest BCUT2D eigenvalue weighted by molar-refractivity contribution is 0.226. The first-order chi connectivity index (χ1) is 9.22. The van der Waals surface area contributed by atoms with Gasteiger partial charge in [-0.25, -0.2) is 0 Å². The molecule has 0 amide bonds. The molecule has 19 heavy (non-hydrogen) atoms. The zero-order chi connectivity index (χ0) is 13.3. The summed E-state index contributed by atoms with van der Waals surface area (Å²) in [5.41, 5.74) is 2.36. The Hall–Kier alpha value is -1.20. The zero-order valence-electron chi connectivity index (χ0n) is 11.2. The second-order valence-corrected chi connectivity index (χ2v) is 6.38. The molecule has 0 bridgehead atoms. The first-order valence-corrected chi connectivity index (χ1v) is 7.55. The molecule has 3 rings (SSSR count). The fourth-order valence-corrected chi connectivity index (χ4v) is 3.98. The van der Waals surface area contributed by atoms with Crippen molar-refractivity contribution in [3.05, 3.63) is 28.8 Å². The highest BCUT2D eigenvalue weighted by Gasteiger charge is 2.37. The number of hydrogen-bond donors (Lipinski definition) is 0. The predicted octanol–water partition coefficient (Wildman–Crippen LogP) is 4.37. The van der Waals surface area contributed by atoms with Gasteiger partial charge in [-0.15, -0.1) is 0 Å². The summed E-state index contributed by atoms with van der Waals surface area (Å²) in [5.74, 6) is 0. The average molecular weight is 275 g/mol. The van der Waals surface area contributed by atoms with E-state index >= 15 is 0 Å². The number of piperidine rings is 1. The van der Waals surface area contributed by atoms with Crippen molar-refractivity contribution >= 4 is 17.3 Å². The van der Waals surface area contributed by atoms with Gasteiger partial charge in [0.25, 0.3) is 0 Å². The molecule has 1 aromatic carbocycles. The molecule has 1 spiro atoms. The van der Waals surface area contributed by atoms with Gasteiger partial charge in [-0.3, -0.25) is 0 Å². The minimum absolute atomic E-state index is 0.634. The second kappa shape index (κ2) is 5.06. The molecule has 1 heterocycles. The van der Waals surface area contributed by atoms with E-state index in [0.29, 0.717) is 16.0 Å². The van der Waals surface area contributed by atoms with E-state index in [0.717, 1.165) is 18.8 Å². The van der Waals surface area contributed by atoms with Crippen molar-refractivity contribution in [1.29, 1.82) is 5.26 Å². The Labute approximate surface area is 120 Å². The Morgan fingerprint density at radius 1 is 1.11 bits per heavy atom. The van der Waals surface area contributed by atoms with Crippen LogP contribution in [0.3, 0.4) is 0 Å². The van der Waals surface area contributed by atoms with Crippen LogP contribution in [0.5, 0.6) is 0 Å². The molecule has 1 saturated heterocycles. The van der Waals surface area contributed by atoms with Crippen LogP contribution < -0.4 is 4.90 Å². The van der Waals surface area contributed by atoms with Crippen molar-refractivity contribution in [3.63, 3.8) is 0 Å². The van der Waals surface area contributed by atoms with Crippen LogP contribution in [-0.4, -0.2) is 13.1 Å². The highest BCUT2D eigenvalue weighted by Crippen LogP contribution is 2.47. The Balaban J connectivity index is 1.73. The lowest BCUT2D eigenvalue weighted by Gasteiger charge is -2.40. The van der Waals surface area contributed by atoms with Crippen molar-refractivity contribution in [2.24, 2.45) is 5.41 Å². The third kappa shape index (κ3) is 2.44. The van der Waals surface area contributed by atoms with Gasteiger partial charge in [0.1, 0.15) is 0 Å². The molecule has 0 atom stereocenters. The van der Waals surface area contributed by atoms with Crippen LogP contribution in [0.1, 0.15) is 44.1 Å². The van der Waals surface area contributed by atoms with Gasteiger partial charge >= 0.3 is 0 Å². The molecule has 1 saturated carbocycles. The van der Waals surface area contributed by atoms with Crippen molar-refractivity contribution in [3.8, 4) is 6.07 Å². The molecule has 2 fully saturated rings. The highest BCUT2D eigenvalue weighted by molar-refractivity contribution is 6.33. The molecular weight excluding hydrogens is 256 g/mol. The number of anilines is 1. The van der Waals surface area contributed by atoms with E-state index in [-0.39, 0.29) is 0 Å². The third-order valence-corrected chi connectivity index (χ3v) is 5.21. The summed E-state index contributed by atoms with van der Waals surface area (Å²) in [6.07, 6.45) is 8.26. The number of halogens is 1. The molecular formula is C16H19ClN2. The van der Waals surface area contributed by atoms with Crippen LogP contribution in [0.2, 0.25) is 5.02 Å². The third-order valence-electron chi connectivity index (χ3n) is 4.91. The van der Waals surface area contributed by atoms with Gasteiger partial charge in [0.05, 0.1) is 22.3 Å². The van der Waals surface area contributed by atoms with Gasteiger partial charge in [0.2, 0.25) is 0 Å². The predicted molar refractivity (Wildman–Crippen MR) is 78.5 cm³/mol. The number of rotatable bonds is 1. The summed E-state index contributed by atoms with van der Waals surface area (Å²) >= 11 is 6.30. The number of benzene rings is 1. The molecule has 2 nitrogen and oxygen atoms in total. The summed E-state index contributed by atoms with van der Waals surface area (Å²) in [5, 5.41) is 9.59. The molecule has 1 aromatic rings. The monoisotopic (exact) mass is 274 g/mol. The second-order valence-electron chi connectivity index (χ2n) is 5.97. The van der Waals surface area contributed by atoms with E-state index in [9.17, 15) is 0 Å². The van der Waals surface area contributed by atoms with Crippen molar-refractivity contribution < 1.29 is 0 Å². The van der Waals surface area contributed by atoms with Crippen molar-refractivity contribution in [2.45, 2.75) is 38.5 Å². The van der Waals surface area contributed by atoms with E-state index in [2.05, 4.69) is 11.0 Å². The Bertz CT molecular complexity index is 502. The lowest BCUT2D eigenvalue weighted by atomic mass is 9.77. The van der Waals surface area contributed by atoms with Gasteiger partial charge in [-0.1, -0.05) is 24.4 Å². The van der Waals surface area contributed by atoms with Crippen LogP contribution in [0.25, 0.3) is 0 Å². The quantitative estimate of drug-likeness (QED) is 0.760. The molecule has 3 heteroatoms. The van der Waals surface area contributed by atoms with E-state index in [4.69, 9.17) is 16.9 Å². The summed E-state index contributed by atoms with van der Waals surface area (Å²) in [6, 6.07) is 7.77.